The number of fused-ring (bicyclic) bond motifs is 1. The number of esters is 1. The van der Waals surface area contributed by atoms with Crippen molar-refractivity contribution >= 4 is 34.5 Å². The monoisotopic (exact) mass is 428 g/mol. The molecule has 1 amide bonds. The predicted molar refractivity (Wildman–Crippen MR) is 116 cm³/mol. The van der Waals surface area contributed by atoms with Gasteiger partial charge in [-0.05, 0) is 37.5 Å². The molecule has 0 saturated heterocycles. The molecule has 0 unspecified atom stereocenters. The second-order valence-corrected chi connectivity index (χ2v) is 8.02. The maximum Gasteiger partial charge on any atom is 0.339 e. The van der Waals surface area contributed by atoms with Crippen LogP contribution in [-0.2, 0) is 16.1 Å². The number of halogens is 1. The van der Waals surface area contributed by atoms with Gasteiger partial charge in [-0.25, -0.2) is 14.5 Å². The van der Waals surface area contributed by atoms with Crippen molar-refractivity contribution in [3.8, 4) is 0 Å². The van der Waals surface area contributed by atoms with Gasteiger partial charge in [-0.1, -0.05) is 43.6 Å². The fraction of sp³-hybridized carbons (Fsp3) is 0.364. The normalized spacial score (nSPS) is 11.3. The van der Waals surface area contributed by atoms with E-state index in [2.05, 4.69) is 15.4 Å². The average Bonchev–Trinajstić information content (AvgIpc) is 3.15. The maximum absolute atomic E-state index is 12.8. The lowest BCUT2D eigenvalue weighted by Crippen LogP contribution is -2.28. The van der Waals surface area contributed by atoms with E-state index in [0.29, 0.717) is 21.6 Å². The molecule has 0 aliphatic carbocycles. The first-order valence-corrected chi connectivity index (χ1v) is 10.2. The molecule has 0 aliphatic rings. The van der Waals surface area contributed by atoms with Crippen LogP contribution >= 0.6 is 11.6 Å². The summed E-state index contributed by atoms with van der Waals surface area (Å²) in [5.74, 6) is -0.869. The van der Waals surface area contributed by atoms with Crippen molar-refractivity contribution in [3.63, 3.8) is 0 Å². The summed E-state index contributed by atoms with van der Waals surface area (Å²) in [4.78, 5) is 29.6. The Bertz CT molecular complexity index is 1080. The molecule has 1 N–H and O–H groups in total. The molecule has 3 aromatic rings. The first kappa shape index (κ1) is 21.8. The van der Waals surface area contributed by atoms with Gasteiger partial charge in [0.1, 0.15) is 0 Å². The number of nitrogens with zero attached hydrogens (tertiary/aromatic N) is 3. The van der Waals surface area contributed by atoms with Crippen LogP contribution in [0, 0.1) is 0 Å². The van der Waals surface area contributed by atoms with Crippen molar-refractivity contribution in [3.05, 3.63) is 58.4 Å². The molecular formula is C22H25ClN4O3. The predicted octanol–water partition coefficient (Wildman–Crippen LogP) is 4.26. The minimum Gasteiger partial charge on any atom is -0.452 e. The van der Waals surface area contributed by atoms with Gasteiger partial charge in [-0.3, -0.25) is 4.79 Å². The Morgan fingerprint density at radius 1 is 1.20 bits per heavy atom. The number of amides is 1. The number of hydrogen-bond acceptors (Lipinski definition) is 5. The number of rotatable bonds is 7. The van der Waals surface area contributed by atoms with Crippen molar-refractivity contribution < 1.29 is 14.3 Å². The van der Waals surface area contributed by atoms with Crippen LogP contribution in [0.2, 0.25) is 5.02 Å². The molecule has 7 nitrogen and oxygen atoms in total. The highest BCUT2D eigenvalue weighted by Gasteiger charge is 2.20. The molecule has 1 aromatic carbocycles. The molecule has 0 spiro atoms. The second-order valence-electron chi connectivity index (χ2n) is 7.61. The van der Waals surface area contributed by atoms with Crippen molar-refractivity contribution in [2.45, 2.75) is 46.2 Å². The number of carbonyl (C=O) groups excluding carboxylic acids is 2. The highest BCUT2D eigenvalue weighted by Crippen LogP contribution is 2.25. The van der Waals surface area contributed by atoms with Crippen LogP contribution in [-0.4, -0.2) is 33.2 Å². The van der Waals surface area contributed by atoms with Gasteiger partial charge in [0.05, 0.1) is 17.1 Å². The summed E-state index contributed by atoms with van der Waals surface area (Å²) in [5, 5.41) is 8.24. The Morgan fingerprint density at radius 3 is 2.60 bits per heavy atom. The highest BCUT2D eigenvalue weighted by atomic mass is 35.5. The summed E-state index contributed by atoms with van der Waals surface area (Å²) in [6.07, 6.45) is 1.61. The minimum absolute atomic E-state index is 0.0943. The van der Waals surface area contributed by atoms with Crippen molar-refractivity contribution in [2.75, 3.05) is 6.61 Å². The molecular weight excluding hydrogens is 404 g/mol. The molecule has 0 fully saturated rings. The van der Waals surface area contributed by atoms with E-state index in [-0.39, 0.29) is 25.1 Å². The summed E-state index contributed by atoms with van der Waals surface area (Å²) in [5.41, 5.74) is 2.54. The lowest BCUT2D eigenvalue weighted by atomic mass is 10.1. The van der Waals surface area contributed by atoms with Crippen molar-refractivity contribution in [2.24, 2.45) is 0 Å². The number of hydrogen-bond donors (Lipinski definition) is 1. The van der Waals surface area contributed by atoms with E-state index in [1.807, 2.05) is 45.9 Å². The Morgan fingerprint density at radius 2 is 1.93 bits per heavy atom. The van der Waals surface area contributed by atoms with Gasteiger partial charge >= 0.3 is 5.97 Å². The quantitative estimate of drug-likeness (QED) is 0.568. The summed E-state index contributed by atoms with van der Waals surface area (Å²) in [6, 6.07) is 9.04. The molecule has 2 heterocycles. The molecule has 8 heteroatoms. The summed E-state index contributed by atoms with van der Waals surface area (Å²) in [6.45, 7) is 7.87. The van der Waals surface area contributed by atoms with E-state index in [1.54, 1.807) is 23.0 Å². The number of nitrogens with one attached hydrogen (secondary N) is 1. The topological polar surface area (TPSA) is 86.1 Å². The Balaban J connectivity index is 1.73. The average molecular weight is 429 g/mol. The number of aromatic nitrogens is 3. The number of ether oxygens (including phenoxy) is 1. The van der Waals surface area contributed by atoms with E-state index in [1.165, 1.54) is 0 Å². The van der Waals surface area contributed by atoms with E-state index in [9.17, 15) is 9.59 Å². The fourth-order valence-corrected chi connectivity index (χ4v) is 3.18. The van der Waals surface area contributed by atoms with Gasteiger partial charge in [-0.15, -0.1) is 0 Å². The van der Waals surface area contributed by atoms with Crippen LogP contribution in [0.5, 0.6) is 0 Å². The smallest absolute Gasteiger partial charge is 0.339 e. The zero-order valence-electron chi connectivity index (χ0n) is 17.5. The second kappa shape index (κ2) is 9.26. The van der Waals surface area contributed by atoms with Gasteiger partial charge in [0.15, 0.2) is 12.3 Å². The molecule has 158 valence electrons. The Hall–Kier alpha value is -2.93. The van der Waals surface area contributed by atoms with Crippen molar-refractivity contribution in [1.29, 1.82) is 0 Å². The maximum atomic E-state index is 12.8. The van der Waals surface area contributed by atoms with Gasteiger partial charge in [0.25, 0.3) is 5.91 Å². The van der Waals surface area contributed by atoms with Crippen LogP contribution in [0.25, 0.3) is 11.0 Å². The standard InChI is InChI=1S/C22H25ClN4O3/c1-13(2)19-9-16(17-11-25-27(14(3)4)21(17)26-19)22(29)30-12-20(28)24-10-15-7-5-6-8-18(15)23/h5-9,11,13-14H,10,12H2,1-4H3,(H,24,28). The lowest BCUT2D eigenvalue weighted by Gasteiger charge is -2.12. The van der Waals surface area contributed by atoms with Crippen LogP contribution in [0.1, 0.15) is 61.3 Å². The van der Waals surface area contributed by atoms with Gasteiger partial charge < -0.3 is 10.1 Å². The molecule has 3 rings (SSSR count). The molecule has 0 atom stereocenters. The van der Waals surface area contributed by atoms with E-state index in [4.69, 9.17) is 16.3 Å². The van der Waals surface area contributed by atoms with Crippen LogP contribution in [0.3, 0.4) is 0 Å². The third-order valence-corrected chi connectivity index (χ3v) is 5.02. The van der Waals surface area contributed by atoms with Gasteiger partial charge in [0.2, 0.25) is 0 Å². The van der Waals surface area contributed by atoms with E-state index < -0.39 is 11.9 Å². The zero-order chi connectivity index (χ0) is 21.8. The summed E-state index contributed by atoms with van der Waals surface area (Å²) < 4.78 is 7.04. The lowest BCUT2D eigenvalue weighted by molar-refractivity contribution is -0.124. The molecule has 0 aliphatic heterocycles. The van der Waals surface area contributed by atoms with Crippen LogP contribution in [0.15, 0.2) is 36.5 Å². The van der Waals surface area contributed by atoms with Crippen LogP contribution < -0.4 is 5.32 Å². The van der Waals surface area contributed by atoms with E-state index in [0.717, 1.165) is 11.3 Å². The third-order valence-electron chi connectivity index (χ3n) is 4.66. The largest absolute Gasteiger partial charge is 0.452 e. The first-order valence-electron chi connectivity index (χ1n) is 9.83. The Kier molecular flexibility index (Phi) is 6.72. The third kappa shape index (κ3) is 4.79. The summed E-state index contributed by atoms with van der Waals surface area (Å²) in [7, 11) is 0. The molecule has 0 saturated carbocycles. The molecule has 0 bridgehead atoms. The molecule has 0 radical (unpaired) electrons. The van der Waals surface area contributed by atoms with Gasteiger partial charge in [-0.2, -0.15) is 5.10 Å². The van der Waals surface area contributed by atoms with Gasteiger partial charge in [0, 0.05) is 23.3 Å². The number of carbonyl (C=O) groups is 2. The first-order chi connectivity index (χ1) is 14.3. The number of benzene rings is 1. The highest BCUT2D eigenvalue weighted by molar-refractivity contribution is 6.31. The molecule has 30 heavy (non-hydrogen) atoms. The van der Waals surface area contributed by atoms with E-state index >= 15 is 0 Å². The fourth-order valence-electron chi connectivity index (χ4n) is 2.98. The summed E-state index contributed by atoms with van der Waals surface area (Å²) >= 11 is 6.08. The SMILES string of the molecule is CC(C)c1cc(C(=O)OCC(=O)NCc2ccccc2Cl)c2cnn(C(C)C)c2n1. The van der Waals surface area contributed by atoms with Crippen molar-refractivity contribution in [1.82, 2.24) is 20.1 Å². The molecule has 2 aromatic heterocycles. The zero-order valence-corrected chi connectivity index (χ0v) is 18.2. The number of pyridine rings is 1. The van der Waals surface area contributed by atoms with Crippen LogP contribution in [0.4, 0.5) is 0 Å². The minimum atomic E-state index is -0.583. The Labute approximate surface area is 180 Å².